The lowest BCUT2D eigenvalue weighted by atomic mass is 10.1. The molecule has 1 rings (SSSR count). The van der Waals surface area contributed by atoms with Gasteiger partial charge < -0.3 is 19.5 Å². The fraction of sp³-hybridized carbons (Fsp3) is 0.467. The van der Waals surface area contributed by atoms with Gasteiger partial charge in [0, 0.05) is 31.3 Å². The number of carbonyl (C=O) groups excluding carboxylic acids is 2. The van der Waals surface area contributed by atoms with Gasteiger partial charge in [-0.05, 0) is 19.1 Å². The lowest BCUT2D eigenvalue weighted by Gasteiger charge is -2.23. The third-order valence-electron chi connectivity index (χ3n) is 3.20. The second-order valence-corrected chi connectivity index (χ2v) is 4.56. The maximum absolute atomic E-state index is 12.5. The number of carbonyl (C=O) groups is 2. The molecule has 116 valence electrons. The van der Waals surface area contributed by atoms with Crippen molar-refractivity contribution in [3.8, 4) is 5.75 Å². The van der Waals surface area contributed by atoms with E-state index in [-0.39, 0.29) is 30.6 Å². The first-order valence-electron chi connectivity index (χ1n) is 6.64. The van der Waals surface area contributed by atoms with Crippen LogP contribution in [0.15, 0.2) is 18.2 Å². The zero-order valence-electron chi connectivity index (χ0n) is 12.6. The van der Waals surface area contributed by atoms with Crippen molar-refractivity contribution in [1.82, 2.24) is 4.90 Å². The normalized spacial score (nSPS) is 10.2. The molecule has 0 aliphatic heterocycles. The van der Waals surface area contributed by atoms with E-state index < -0.39 is 0 Å². The van der Waals surface area contributed by atoms with Crippen molar-refractivity contribution in [2.24, 2.45) is 0 Å². The highest BCUT2D eigenvalue weighted by Crippen LogP contribution is 2.21. The molecule has 6 heteroatoms. The predicted molar refractivity (Wildman–Crippen MR) is 77.3 cm³/mol. The standard InChI is InChI=1S/C15H21NO5/c1-11-12(5-4-6-13(11)17)15(19)16(9-10-20-2)8-7-14(18)21-3/h4-6,17H,7-10H2,1-3H3. The topological polar surface area (TPSA) is 76.1 Å². The summed E-state index contributed by atoms with van der Waals surface area (Å²) in [6.07, 6.45) is 0.115. The molecule has 0 saturated carbocycles. The molecule has 0 aliphatic carbocycles. The molecule has 0 heterocycles. The van der Waals surface area contributed by atoms with Crippen LogP contribution in [-0.4, -0.2) is 55.8 Å². The van der Waals surface area contributed by atoms with E-state index in [1.807, 2.05) is 0 Å². The zero-order chi connectivity index (χ0) is 15.8. The third kappa shape index (κ3) is 4.75. The summed E-state index contributed by atoms with van der Waals surface area (Å²) in [5.41, 5.74) is 0.930. The average molecular weight is 295 g/mol. The van der Waals surface area contributed by atoms with Gasteiger partial charge in [-0.25, -0.2) is 0 Å². The first-order valence-corrected chi connectivity index (χ1v) is 6.64. The van der Waals surface area contributed by atoms with Gasteiger partial charge in [0.25, 0.3) is 5.91 Å². The Morgan fingerprint density at radius 1 is 1.24 bits per heavy atom. The van der Waals surface area contributed by atoms with E-state index in [1.54, 1.807) is 26.2 Å². The highest BCUT2D eigenvalue weighted by Gasteiger charge is 2.19. The number of benzene rings is 1. The van der Waals surface area contributed by atoms with Crippen LogP contribution in [0.4, 0.5) is 0 Å². The summed E-state index contributed by atoms with van der Waals surface area (Å²) >= 11 is 0. The molecule has 1 N–H and O–H groups in total. The molecule has 0 unspecified atom stereocenters. The van der Waals surface area contributed by atoms with Crippen molar-refractivity contribution in [3.63, 3.8) is 0 Å². The number of hydrogen-bond acceptors (Lipinski definition) is 5. The van der Waals surface area contributed by atoms with Gasteiger partial charge in [-0.3, -0.25) is 9.59 Å². The van der Waals surface area contributed by atoms with E-state index in [1.165, 1.54) is 18.1 Å². The van der Waals surface area contributed by atoms with Crippen molar-refractivity contribution in [2.75, 3.05) is 33.9 Å². The Labute approximate surface area is 124 Å². The summed E-state index contributed by atoms with van der Waals surface area (Å²) in [5.74, 6) is -0.553. The minimum Gasteiger partial charge on any atom is -0.508 e. The van der Waals surface area contributed by atoms with E-state index in [4.69, 9.17) is 4.74 Å². The van der Waals surface area contributed by atoms with Crippen LogP contribution >= 0.6 is 0 Å². The van der Waals surface area contributed by atoms with Crippen LogP contribution < -0.4 is 0 Å². The van der Waals surface area contributed by atoms with Crippen LogP contribution in [0.5, 0.6) is 5.75 Å². The fourth-order valence-electron chi connectivity index (χ4n) is 1.87. The van der Waals surface area contributed by atoms with Crippen LogP contribution in [0, 0.1) is 6.92 Å². The lowest BCUT2D eigenvalue weighted by molar-refractivity contribution is -0.140. The van der Waals surface area contributed by atoms with Crippen molar-refractivity contribution >= 4 is 11.9 Å². The molecule has 0 aromatic heterocycles. The molecule has 0 aliphatic rings. The highest BCUT2D eigenvalue weighted by molar-refractivity contribution is 5.96. The van der Waals surface area contributed by atoms with E-state index in [0.29, 0.717) is 24.3 Å². The molecule has 0 fully saturated rings. The van der Waals surface area contributed by atoms with Crippen molar-refractivity contribution in [3.05, 3.63) is 29.3 Å². The number of methoxy groups -OCH3 is 2. The number of esters is 1. The fourth-order valence-corrected chi connectivity index (χ4v) is 1.87. The number of hydrogen-bond donors (Lipinski definition) is 1. The molecule has 21 heavy (non-hydrogen) atoms. The summed E-state index contributed by atoms with van der Waals surface area (Å²) in [4.78, 5) is 25.3. The number of aromatic hydroxyl groups is 1. The van der Waals surface area contributed by atoms with Gasteiger partial charge in [-0.1, -0.05) is 6.07 Å². The van der Waals surface area contributed by atoms with E-state index in [0.717, 1.165) is 0 Å². The summed E-state index contributed by atoms with van der Waals surface area (Å²) in [5, 5.41) is 9.69. The third-order valence-corrected chi connectivity index (χ3v) is 3.20. The summed E-state index contributed by atoms with van der Waals surface area (Å²) in [6, 6.07) is 4.79. The van der Waals surface area contributed by atoms with E-state index in [9.17, 15) is 14.7 Å². The SMILES string of the molecule is COCCN(CCC(=O)OC)C(=O)c1cccc(O)c1C. The van der Waals surface area contributed by atoms with Gasteiger partial charge in [-0.2, -0.15) is 0 Å². The number of phenols is 1. The number of amides is 1. The quantitative estimate of drug-likeness (QED) is 0.768. The molecule has 0 spiro atoms. The van der Waals surface area contributed by atoms with Crippen molar-refractivity contribution in [1.29, 1.82) is 0 Å². The molecule has 6 nitrogen and oxygen atoms in total. The van der Waals surface area contributed by atoms with Gasteiger partial charge in [0.2, 0.25) is 0 Å². The second kappa shape index (κ2) is 8.26. The van der Waals surface area contributed by atoms with Gasteiger partial charge in [0.1, 0.15) is 5.75 Å². The smallest absolute Gasteiger partial charge is 0.307 e. The maximum Gasteiger partial charge on any atom is 0.307 e. The van der Waals surface area contributed by atoms with Gasteiger partial charge in [-0.15, -0.1) is 0 Å². The molecular weight excluding hydrogens is 274 g/mol. The first kappa shape index (κ1) is 17.0. The minimum absolute atomic E-state index is 0.0699. The summed E-state index contributed by atoms with van der Waals surface area (Å²) in [7, 11) is 2.85. The van der Waals surface area contributed by atoms with Crippen LogP contribution in [-0.2, 0) is 14.3 Å². The van der Waals surface area contributed by atoms with Gasteiger partial charge in [0.15, 0.2) is 0 Å². The second-order valence-electron chi connectivity index (χ2n) is 4.56. The summed E-state index contributed by atoms with van der Waals surface area (Å²) in [6.45, 7) is 2.65. The number of nitrogens with zero attached hydrogens (tertiary/aromatic N) is 1. The minimum atomic E-state index is -0.377. The van der Waals surface area contributed by atoms with Gasteiger partial charge >= 0.3 is 5.97 Å². The Bertz CT molecular complexity index is 501. The van der Waals surface area contributed by atoms with E-state index in [2.05, 4.69) is 4.74 Å². The van der Waals surface area contributed by atoms with Crippen molar-refractivity contribution < 1.29 is 24.2 Å². The Morgan fingerprint density at radius 2 is 1.95 bits per heavy atom. The molecule has 0 radical (unpaired) electrons. The number of phenolic OH excluding ortho intramolecular Hbond substituents is 1. The largest absolute Gasteiger partial charge is 0.508 e. The molecule has 1 aromatic carbocycles. The molecule has 1 aromatic rings. The van der Waals surface area contributed by atoms with E-state index >= 15 is 0 Å². The Morgan fingerprint density at radius 3 is 2.57 bits per heavy atom. The molecule has 0 saturated heterocycles. The lowest BCUT2D eigenvalue weighted by Crippen LogP contribution is -2.36. The van der Waals surface area contributed by atoms with Crippen LogP contribution in [0.25, 0.3) is 0 Å². The first-order chi connectivity index (χ1) is 10.0. The number of ether oxygens (including phenoxy) is 2. The monoisotopic (exact) mass is 295 g/mol. The Balaban J connectivity index is 2.88. The Kier molecular flexibility index (Phi) is 6.68. The highest BCUT2D eigenvalue weighted by atomic mass is 16.5. The summed E-state index contributed by atoms with van der Waals surface area (Å²) < 4.78 is 9.57. The maximum atomic E-state index is 12.5. The van der Waals surface area contributed by atoms with Crippen LogP contribution in [0.3, 0.4) is 0 Å². The zero-order valence-corrected chi connectivity index (χ0v) is 12.6. The molecule has 1 amide bonds. The Hall–Kier alpha value is -2.08. The number of rotatable bonds is 7. The predicted octanol–water partition coefficient (Wildman–Crippen LogP) is 1.35. The molecule has 0 atom stereocenters. The van der Waals surface area contributed by atoms with Gasteiger partial charge in [0.05, 0.1) is 20.1 Å². The average Bonchev–Trinajstić information content (AvgIpc) is 2.49. The molecular formula is C15H21NO5. The van der Waals surface area contributed by atoms with Crippen LogP contribution in [0.2, 0.25) is 0 Å². The molecule has 0 bridgehead atoms. The van der Waals surface area contributed by atoms with Crippen molar-refractivity contribution in [2.45, 2.75) is 13.3 Å². The van der Waals surface area contributed by atoms with Crippen LogP contribution in [0.1, 0.15) is 22.3 Å².